The smallest absolute Gasteiger partial charge is 0.310 e. The third-order valence-corrected chi connectivity index (χ3v) is 5.24. The van der Waals surface area contributed by atoms with Crippen LogP contribution in [0.1, 0.15) is 30.9 Å². The van der Waals surface area contributed by atoms with Crippen molar-refractivity contribution in [3.05, 3.63) is 27.7 Å². The molecular weight excluding hydrogens is 334 g/mol. The molecule has 2 aliphatic rings. The number of carboxylic acids is 1. The molecule has 1 unspecified atom stereocenters. The summed E-state index contributed by atoms with van der Waals surface area (Å²) in [6.07, 6.45) is 2.37. The fourth-order valence-corrected chi connectivity index (χ4v) is 3.96. The van der Waals surface area contributed by atoms with Crippen LogP contribution in [0, 0.1) is 5.41 Å². The minimum atomic E-state index is -0.664. The fraction of sp³-hybridized carbons (Fsp3) is 0.562. The average molecular weight is 354 g/mol. The summed E-state index contributed by atoms with van der Waals surface area (Å²) >= 11 is 3.56. The van der Waals surface area contributed by atoms with Crippen molar-refractivity contribution in [2.24, 2.45) is 5.41 Å². The molecule has 1 aromatic carbocycles. The highest BCUT2D eigenvalue weighted by Crippen LogP contribution is 2.38. The number of hydrogen-bond acceptors (Lipinski definition) is 3. The summed E-state index contributed by atoms with van der Waals surface area (Å²) in [7, 11) is 0. The van der Waals surface area contributed by atoms with Gasteiger partial charge in [0.25, 0.3) is 0 Å². The molecule has 0 aliphatic carbocycles. The van der Waals surface area contributed by atoms with E-state index in [1.807, 2.05) is 6.92 Å². The monoisotopic (exact) mass is 353 g/mol. The maximum Gasteiger partial charge on any atom is 0.310 e. The van der Waals surface area contributed by atoms with Crippen LogP contribution in [-0.4, -0.2) is 35.7 Å². The van der Waals surface area contributed by atoms with Crippen molar-refractivity contribution in [3.8, 4) is 5.75 Å². The Morgan fingerprint density at radius 3 is 3.00 bits per heavy atom. The van der Waals surface area contributed by atoms with E-state index in [1.165, 1.54) is 5.56 Å². The van der Waals surface area contributed by atoms with Crippen molar-refractivity contribution in [2.75, 3.05) is 19.7 Å². The van der Waals surface area contributed by atoms with Gasteiger partial charge in [-0.25, -0.2) is 0 Å². The van der Waals surface area contributed by atoms with Crippen molar-refractivity contribution in [1.29, 1.82) is 0 Å². The second kappa shape index (κ2) is 5.61. The molecule has 21 heavy (non-hydrogen) atoms. The van der Waals surface area contributed by atoms with Crippen molar-refractivity contribution in [2.45, 2.75) is 32.7 Å². The third-order valence-electron chi connectivity index (χ3n) is 4.78. The Morgan fingerprint density at radius 1 is 1.52 bits per heavy atom. The van der Waals surface area contributed by atoms with E-state index in [0.29, 0.717) is 13.0 Å². The molecular formula is C16H20BrNO3. The molecule has 114 valence electrons. The molecule has 1 fully saturated rings. The lowest BCUT2D eigenvalue weighted by atomic mass is 9.84. The van der Waals surface area contributed by atoms with Gasteiger partial charge in [-0.1, -0.05) is 22.9 Å². The van der Waals surface area contributed by atoms with Gasteiger partial charge >= 0.3 is 5.97 Å². The first kappa shape index (κ1) is 14.9. The van der Waals surface area contributed by atoms with Crippen molar-refractivity contribution < 1.29 is 14.6 Å². The minimum absolute atomic E-state index is 0.573. The molecule has 2 heterocycles. The summed E-state index contributed by atoms with van der Waals surface area (Å²) in [4.78, 5) is 13.8. The van der Waals surface area contributed by atoms with Gasteiger partial charge in [-0.05, 0) is 37.1 Å². The Kier molecular flexibility index (Phi) is 3.97. The number of aliphatic carboxylic acids is 1. The number of hydrogen-bond donors (Lipinski definition) is 1. The fourth-order valence-electron chi connectivity index (χ4n) is 3.41. The number of fused-ring (bicyclic) bond motifs is 1. The van der Waals surface area contributed by atoms with Crippen LogP contribution < -0.4 is 4.74 Å². The second-order valence-corrected chi connectivity index (χ2v) is 6.97. The molecule has 0 saturated carbocycles. The lowest BCUT2D eigenvalue weighted by Gasteiger charge is -2.23. The Hall–Kier alpha value is -1.07. The van der Waals surface area contributed by atoms with E-state index >= 15 is 0 Å². The maximum absolute atomic E-state index is 11.5. The number of rotatable bonds is 4. The van der Waals surface area contributed by atoms with Crippen LogP contribution >= 0.6 is 15.9 Å². The zero-order valence-corrected chi connectivity index (χ0v) is 13.8. The predicted octanol–water partition coefficient (Wildman–Crippen LogP) is 3.07. The summed E-state index contributed by atoms with van der Waals surface area (Å²) in [6, 6.07) is 4.21. The third kappa shape index (κ3) is 2.69. The van der Waals surface area contributed by atoms with Crippen LogP contribution in [0.2, 0.25) is 0 Å². The topological polar surface area (TPSA) is 49.8 Å². The summed E-state index contributed by atoms with van der Waals surface area (Å²) in [5.41, 5.74) is 1.84. The quantitative estimate of drug-likeness (QED) is 0.903. The summed E-state index contributed by atoms with van der Waals surface area (Å²) in [5, 5.41) is 9.49. The molecule has 0 spiro atoms. The highest BCUT2D eigenvalue weighted by molar-refractivity contribution is 9.10. The molecule has 0 aromatic heterocycles. The maximum atomic E-state index is 11.5. The zero-order chi connectivity index (χ0) is 15.0. The average Bonchev–Trinajstić information content (AvgIpc) is 3.05. The highest BCUT2D eigenvalue weighted by atomic mass is 79.9. The van der Waals surface area contributed by atoms with E-state index in [9.17, 15) is 9.90 Å². The van der Waals surface area contributed by atoms with Crippen molar-refractivity contribution in [3.63, 3.8) is 0 Å². The second-order valence-electron chi connectivity index (χ2n) is 6.05. The molecule has 0 amide bonds. The van der Waals surface area contributed by atoms with Crippen LogP contribution in [0.4, 0.5) is 0 Å². The standard InChI is InChI=1S/C16H20BrNO3/c1-2-16(15(19)20)4-5-18(10-16)9-12-8-13(17)7-11-3-6-21-14(11)12/h7-8H,2-6,9-10H2,1H3,(H,19,20). The number of likely N-dealkylation sites (tertiary alicyclic amines) is 1. The lowest BCUT2D eigenvalue weighted by Crippen LogP contribution is -2.33. The van der Waals surface area contributed by atoms with E-state index < -0.39 is 11.4 Å². The highest BCUT2D eigenvalue weighted by Gasteiger charge is 2.43. The largest absolute Gasteiger partial charge is 0.493 e. The van der Waals surface area contributed by atoms with E-state index in [-0.39, 0.29) is 0 Å². The molecule has 0 bridgehead atoms. The van der Waals surface area contributed by atoms with E-state index in [2.05, 4.69) is 33.0 Å². The molecule has 1 aromatic rings. The SMILES string of the molecule is CCC1(C(=O)O)CCN(Cc2cc(Br)cc3c2OCC3)C1. The van der Waals surface area contributed by atoms with Crippen LogP contribution in [0.3, 0.4) is 0 Å². The number of nitrogens with zero attached hydrogens (tertiary/aromatic N) is 1. The molecule has 1 atom stereocenters. The van der Waals surface area contributed by atoms with Crippen LogP contribution in [-0.2, 0) is 17.8 Å². The Morgan fingerprint density at radius 2 is 2.33 bits per heavy atom. The van der Waals surface area contributed by atoms with Gasteiger partial charge < -0.3 is 9.84 Å². The number of halogens is 1. The van der Waals surface area contributed by atoms with E-state index in [1.54, 1.807) is 0 Å². The first-order valence-electron chi connectivity index (χ1n) is 7.44. The number of benzene rings is 1. The zero-order valence-electron chi connectivity index (χ0n) is 12.2. The molecule has 1 saturated heterocycles. The van der Waals surface area contributed by atoms with Crippen LogP contribution in [0.5, 0.6) is 5.75 Å². The van der Waals surface area contributed by atoms with Crippen LogP contribution in [0.25, 0.3) is 0 Å². The first-order chi connectivity index (χ1) is 10.0. The van der Waals surface area contributed by atoms with Gasteiger partial charge in [-0.3, -0.25) is 9.69 Å². The minimum Gasteiger partial charge on any atom is -0.493 e. The van der Waals surface area contributed by atoms with Gasteiger partial charge in [-0.2, -0.15) is 0 Å². The predicted molar refractivity (Wildman–Crippen MR) is 83.6 cm³/mol. The normalized spacial score (nSPS) is 24.9. The van der Waals surface area contributed by atoms with Crippen LogP contribution in [0.15, 0.2) is 16.6 Å². The van der Waals surface area contributed by atoms with Gasteiger partial charge in [0.1, 0.15) is 5.75 Å². The van der Waals surface area contributed by atoms with Crippen molar-refractivity contribution >= 4 is 21.9 Å². The summed E-state index contributed by atoms with van der Waals surface area (Å²) < 4.78 is 6.83. The van der Waals surface area contributed by atoms with Gasteiger partial charge in [0, 0.05) is 29.5 Å². The lowest BCUT2D eigenvalue weighted by molar-refractivity contribution is -0.148. The molecule has 5 heteroatoms. The summed E-state index contributed by atoms with van der Waals surface area (Å²) in [6.45, 7) is 4.93. The molecule has 1 N–H and O–H groups in total. The van der Waals surface area contributed by atoms with Gasteiger partial charge in [0.2, 0.25) is 0 Å². The van der Waals surface area contributed by atoms with Crippen molar-refractivity contribution in [1.82, 2.24) is 4.90 Å². The Labute approximate surface area is 133 Å². The molecule has 2 aliphatic heterocycles. The van der Waals surface area contributed by atoms with Gasteiger partial charge in [0.15, 0.2) is 0 Å². The van der Waals surface area contributed by atoms with Gasteiger partial charge in [0.05, 0.1) is 12.0 Å². The Balaban J connectivity index is 1.79. The van der Waals surface area contributed by atoms with E-state index in [0.717, 1.165) is 48.3 Å². The molecule has 3 rings (SSSR count). The number of carboxylic acid groups (broad SMARTS) is 1. The number of carbonyl (C=O) groups is 1. The first-order valence-corrected chi connectivity index (χ1v) is 8.23. The van der Waals surface area contributed by atoms with Gasteiger partial charge in [-0.15, -0.1) is 0 Å². The molecule has 0 radical (unpaired) electrons. The summed E-state index contributed by atoms with van der Waals surface area (Å²) in [5.74, 6) is 0.339. The molecule has 4 nitrogen and oxygen atoms in total. The number of ether oxygens (including phenoxy) is 1. The Bertz CT molecular complexity index is 575. The van der Waals surface area contributed by atoms with E-state index in [4.69, 9.17) is 4.74 Å².